The molecule has 1 N–H and O–H groups in total. The number of unbranched alkanes of at least 4 members (excludes halogenated alkanes) is 1. The van der Waals surface area contributed by atoms with Crippen LogP contribution in [0.5, 0.6) is 0 Å². The molecule has 0 radical (unpaired) electrons. The Bertz CT molecular complexity index is 363. The summed E-state index contributed by atoms with van der Waals surface area (Å²) in [4.78, 5) is 10.8. The van der Waals surface area contributed by atoms with Gasteiger partial charge >= 0.3 is 5.97 Å². The number of hydrogen-bond acceptors (Lipinski definition) is 1. The highest BCUT2D eigenvalue weighted by atomic mass is 16.4. The van der Waals surface area contributed by atoms with Gasteiger partial charge in [0.25, 0.3) is 0 Å². The maximum Gasteiger partial charge on any atom is 0.304 e. The Morgan fingerprint density at radius 1 is 1.24 bits per heavy atom. The van der Waals surface area contributed by atoms with Crippen molar-refractivity contribution in [1.29, 1.82) is 0 Å². The van der Waals surface area contributed by atoms with Crippen molar-refractivity contribution in [2.45, 2.75) is 51.9 Å². The van der Waals surface area contributed by atoms with Crippen LogP contribution < -0.4 is 0 Å². The first-order chi connectivity index (χ1) is 7.95. The number of carboxylic acids is 1. The molecule has 0 aromatic heterocycles. The van der Waals surface area contributed by atoms with Gasteiger partial charge in [0.15, 0.2) is 0 Å². The summed E-state index contributed by atoms with van der Waals surface area (Å²) in [7, 11) is 0. The van der Waals surface area contributed by atoms with Crippen LogP contribution in [-0.2, 0) is 16.6 Å². The van der Waals surface area contributed by atoms with Crippen molar-refractivity contribution in [2.75, 3.05) is 0 Å². The Kier molecular flexibility index (Phi) is 4.73. The molecule has 0 aliphatic heterocycles. The maximum atomic E-state index is 10.8. The molecule has 0 bridgehead atoms. The van der Waals surface area contributed by atoms with Gasteiger partial charge in [-0.3, -0.25) is 4.79 Å². The zero-order chi connectivity index (χ0) is 12.9. The van der Waals surface area contributed by atoms with Gasteiger partial charge in [0.05, 0.1) is 6.42 Å². The van der Waals surface area contributed by atoms with Crippen molar-refractivity contribution < 1.29 is 9.90 Å². The number of aryl methyl sites for hydroxylation is 1. The molecule has 0 heterocycles. The summed E-state index contributed by atoms with van der Waals surface area (Å²) in [6.45, 7) is 6.13. The number of benzene rings is 1. The number of aliphatic carboxylic acids is 1. The standard InChI is InChI=1S/C15H22O2/c1-4-5-6-12-7-9-13(10-8-12)15(2,3)11-14(16)17/h7-10H,4-6,11H2,1-3H3,(H,16,17). The number of carboxylic acid groups (broad SMARTS) is 1. The smallest absolute Gasteiger partial charge is 0.304 e. The zero-order valence-corrected chi connectivity index (χ0v) is 11.0. The normalized spacial score (nSPS) is 11.5. The lowest BCUT2D eigenvalue weighted by molar-refractivity contribution is -0.138. The van der Waals surface area contributed by atoms with Crippen molar-refractivity contribution >= 4 is 5.97 Å². The third-order valence-corrected chi connectivity index (χ3v) is 3.15. The molecule has 0 spiro atoms. The molecule has 2 heteroatoms. The highest BCUT2D eigenvalue weighted by molar-refractivity contribution is 5.68. The van der Waals surface area contributed by atoms with Gasteiger partial charge in [-0.05, 0) is 24.0 Å². The molecule has 1 aromatic rings. The summed E-state index contributed by atoms with van der Waals surface area (Å²) >= 11 is 0. The molecule has 0 saturated carbocycles. The van der Waals surface area contributed by atoms with Gasteiger partial charge in [-0.25, -0.2) is 0 Å². The first kappa shape index (κ1) is 13.8. The van der Waals surface area contributed by atoms with E-state index in [4.69, 9.17) is 5.11 Å². The first-order valence-corrected chi connectivity index (χ1v) is 6.27. The molecule has 0 fully saturated rings. The third-order valence-electron chi connectivity index (χ3n) is 3.15. The first-order valence-electron chi connectivity index (χ1n) is 6.27. The van der Waals surface area contributed by atoms with Gasteiger partial charge in [-0.1, -0.05) is 51.5 Å². The lowest BCUT2D eigenvalue weighted by Crippen LogP contribution is -2.21. The summed E-state index contributed by atoms with van der Waals surface area (Å²) in [5, 5.41) is 8.88. The van der Waals surface area contributed by atoms with Crippen molar-refractivity contribution in [3.8, 4) is 0 Å². The second-order valence-electron chi connectivity index (χ2n) is 5.25. The van der Waals surface area contributed by atoms with Crippen LogP contribution in [0, 0.1) is 0 Å². The van der Waals surface area contributed by atoms with E-state index >= 15 is 0 Å². The monoisotopic (exact) mass is 234 g/mol. The summed E-state index contributed by atoms with van der Waals surface area (Å²) in [5.41, 5.74) is 2.14. The van der Waals surface area contributed by atoms with Gasteiger partial charge < -0.3 is 5.11 Å². The fourth-order valence-electron chi connectivity index (χ4n) is 1.98. The van der Waals surface area contributed by atoms with Crippen LogP contribution in [0.4, 0.5) is 0 Å². The predicted molar refractivity (Wildman–Crippen MR) is 70.3 cm³/mol. The third kappa shape index (κ3) is 4.22. The average molecular weight is 234 g/mol. The number of rotatable bonds is 6. The molecule has 0 aliphatic rings. The molecule has 0 amide bonds. The lowest BCUT2D eigenvalue weighted by Gasteiger charge is -2.23. The molecule has 0 saturated heterocycles. The van der Waals surface area contributed by atoms with Crippen molar-refractivity contribution in [1.82, 2.24) is 0 Å². The van der Waals surface area contributed by atoms with Gasteiger partial charge in [0.2, 0.25) is 0 Å². The quantitative estimate of drug-likeness (QED) is 0.813. The van der Waals surface area contributed by atoms with Crippen molar-refractivity contribution in [2.24, 2.45) is 0 Å². The highest BCUT2D eigenvalue weighted by Gasteiger charge is 2.23. The van der Waals surface area contributed by atoms with E-state index in [1.54, 1.807) is 0 Å². The molecule has 1 rings (SSSR count). The van der Waals surface area contributed by atoms with E-state index in [1.807, 2.05) is 13.8 Å². The summed E-state index contributed by atoms with van der Waals surface area (Å²) < 4.78 is 0. The fraction of sp³-hybridized carbons (Fsp3) is 0.533. The Morgan fingerprint density at radius 3 is 2.29 bits per heavy atom. The number of carbonyl (C=O) groups is 1. The van der Waals surface area contributed by atoms with Gasteiger partial charge in [-0.15, -0.1) is 0 Å². The highest BCUT2D eigenvalue weighted by Crippen LogP contribution is 2.27. The molecule has 0 aliphatic carbocycles. The Morgan fingerprint density at radius 2 is 1.82 bits per heavy atom. The van der Waals surface area contributed by atoms with Gasteiger partial charge in [-0.2, -0.15) is 0 Å². The van der Waals surface area contributed by atoms with E-state index in [1.165, 1.54) is 18.4 Å². The van der Waals surface area contributed by atoms with Crippen LogP contribution in [0.1, 0.15) is 51.2 Å². The van der Waals surface area contributed by atoms with Crippen LogP contribution >= 0.6 is 0 Å². The average Bonchev–Trinajstić information content (AvgIpc) is 2.25. The minimum atomic E-state index is -0.745. The van der Waals surface area contributed by atoms with Crippen LogP contribution in [0.25, 0.3) is 0 Å². The number of hydrogen-bond donors (Lipinski definition) is 1. The minimum Gasteiger partial charge on any atom is -0.481 e. The van der Waals surface area contributed by atoms with Gasteiger partial charge in [0.1, 0.15) is 0 Å². The van der Waals surface area contributed by atoms with Crippen molar-refractivity contribution in [3.63, 3.8) is 0 Å². The van der Waals surface area contributed by atoms with E-state index in [2.05, 4.69) is 31.2 Å². The van der Waals surface area contributed by atoms with Crippen LogP contribution in [-0.4, -0.2) is 11.1 Å². The van der Waals surface area contributed by atoms with Crippen LogP contribution in [0.3, 0.4) is 0 Å². The zero-order valence-electron chi connectivity index (χ0n) is 11.0. The molecular formula is C15H22O2. The topological polar surface area (TPSA) is 37.3 Å². The SMILES string of the molecule is CCCCc1ccc(C(C)(C)CC(=O)O)cc1. The summed E-state index contributed by atoms with van der Waals surface area (Å²) in [6, 6.07) is 8.37. The minimum absolute atomic E-state index is 0.168. The molecule has 1 aromatic carbocycles. The van der Waals surface area contributed by atoms with E-state index in [-0.39, 0.29) is 11.8 Å². The largest absolute Gasteiger partial charge is 0.481 e. The second-order valence-corrected chi connectivity index (χ2v) is 5.25. The molecular weight excluding hydrogens is 212 g/mol. The van der Waals surface area contributed by atoms with E-state index < -0.39 is 5.97 Å². The lowest BCUT2D eigenvalue weighted by atomic mass is 9.81. The van der Waals surface area contributed by atoms with Crippen LogP contribution in [0.15, 0.2) is 24.3 Å². The maximum absolute atomic E-state index is 10.8. The summed E-state index contributed by atoms with van der Waals surface area (Å²) in [6.07, 6.45) is 3.68. The Labute approximate surface area is 104 Å². The molecule has 94 valence electrons. The molecule has 2 nitrogen and oxygen atoms in total. The van der Waals surface area contributed by atoms with E-state index in [9.17, 15) is 4.79 Å². The fourth-order valence-corrected chi connectivity index (χ4v) is 1.98. The predicted octanol–water partition coefficient (Wildman–Crippen LogP) is 3.78. The van der Waals surface area contributed by atoms with Crippen LogP contribution in [0.2, 0.25) is 0 Å². The Balaban J connectivity index is 2.75. The van der Waals surface area contributed by atoms with Gasteiger partial charge in [0, 0.05) is 5.41 Å². The van der Waals surface area contributed by atoms with Crippen molar-refractivity contribution in [3.05, 3.63) is 35.4 Å². The second kappa shape index (κ2) is 5.85. The summed E-state index contributed by atoms with van der Waals surface area (Å²) in [5.74, 6) is -0.745. The molecule has 0 atom stereocenters. The molecule has 17 heavy (non-hydrogen) atoms. The van der Waals surface area contributed by atoms with E-state index in [0.717, 1.165) is 12.0 Å². The Hall–Kier alpha value is -1.31. The molecule has 0 unspecified atom stereocenters. The van der Waals surface area contributed by atoms with E-state index in [0.29, 0.717) is 0 Å².